The molecule has 0 amide bonds. The minimum absolute atomic E-state index is 0.285. The summed E-state index contributed by atoms with van der Waals surface area (Å²) in [4.78, 5) is 4.79. The second-order valence-electron chi connectivity index (χ2n) is 5.88. The zero-order chi connectivity index (χ0) is 14.6. The van der Waals surface area contributed by atoms with Crippen LogP contribution in [-0.4, -0.2) is 18.1 Å². The Bertz CT molecular complexity index is 531. The predicted octanol–water partition coefficient (Wildman–Crippen LogP) is 4.38. The number of nitrogens with one attached hydrogen (secondary N) is 1. The fourth-order valence-corrected chi connectivity index (χ4v) is 3.19. The van der Waals surface area contributed by atoms with E-state index in [9.17, 15) is 0 Å². The first kappa shape index (κ1) is 15.2. The first-order valence-electron chi connectivity index (χ1n) is 7.24. The van der Waals surface area contributed by atoms with Gasteiger partial charge in [0.25, 0.3) is 0 Å². The number of thiazole rings is 1. The molecule has 1 aromatic carbocycles. The predicted molar refractivity (Wildman–Crippen MR) is 88.2 cm³/mol. The summed E-state index contributed by atoms with van der Waals surface area (Å²) in [6.45, 7) is 6.89. The van der Waals surface area contributed by atoms with Crippen molar-refractivity contribution in [3.05, 3.63) is 40.7 Å². The van der Waals surface area contributed by atoms with Gasteiger partial charge in [0.05, 0.1) is 10.7 Å². The molecule has 2 rings (SSSR count). The van der Waals surface area contributed by atoms with E-state index in [2.05, 4.69) is 55.7 Å². The maximum Gasteiger partial charge on any atom is 0.0948 e. The van der Waals surface area contributed by atoms with Crippen LogP contribution in [0.1, 0.15) is 32.2 Å². The van der Waals surface area contributed by atoms with Gasteiger partial charge in [-0.05, 0) is 18.9 Å². The Balaban J connectivity index is 2.13. The van der Waals surface area contributed by atoms with Gasteiger partial charge in [-0.15, -0.1) is 11.3 Å². The number of hydrogen-bond donors (Lipinski definition) is 1. The van der Waals surface area contributed by atoms with Crippen LogP contribution in [0.4, 0.5) is 0 Å². The summed E-state index contributed by atoms with van der Waals surface area (Å²) in [7, 11) is 2.05. The zero-order valence-electron chi connectivity index (χ0n) is 12.8. The molecule has 0 spiro atoms. The van der Waals surface area contributed by atoms with E-state index in [-0.39, 0.29) is 5.41 Å². The van der Waals surface area contributed by atoms with E-state index in [4.69, 9.17) is 4.98 Å². The fraction of sp³-hybridized carbons (Fsp3) is 0.471. The number of benzene rings is 1. The molecule has 3 heteroatoms. The first-order chi connectivity index (χ1) is 9.56. The summed E-state index contributed by atoms with van der Waals surface area (Å²) in [5.74, 6) is 0. The fourth-order valence-electron chi connectivity index (χ4n) is 2.34. The van der Waals surface area contributed by atoms with Gasteiger partial charge in [-0.2, -0.15) is 0 Å². The smallest absolute Gasteiger partial charge is 0.0948 e. The van der Waals surface area contributed by atoms with Crippen molar-refractivity contribution in [1.29, 1.82) is 0 Å². The number of rotatable bonds is 6. The monoisotopic (exact) mass is 288 g/mol. The third-order valence-corrected chi connectivity index (χ3v) is 5.07. The van der Waals surface area contributed by atoms with Gasteiger partial charge in [0.1, 0.15) is 0 Å². The summed E-state index contributed by atoms with van der Waals surface area (Å²) in [5, 5.41) is 6.83. The number of nitrogens with zero attached hydrogens (tertiary/aromatic N) is 1. The Morgan fingerprint density at radius 2 is 1.95 bits per heavy atom. The summed E-state index contributed by atoms with van der Waals surface area (Å²) < 4.78 is 0. The molecule has 2 aromatic rings. The van der Waals surface area contributed by atoms with Crippen LogP contribution in [0.2, 0.25) is 0 Å². The maximum atomic E-state index is 4.79. The van der Waals surface area contributed by atoms with Gasteiger partial charge in [0.2, 0.25) is 0 Å². The Kier molecular flexibility index (Phi) is 4.95. The number of aromatic nitrogens is 1. The van der Waals surface area contributed by atoms with Gasteiger partial charge in [-0.3, -0.25) is 0 Å². The Labute approximate surface area is 126 Å². The molecule has 1 heterocycles. The molecule has 0 saturated heterocycles. The van der Waals surface area contributed by atoms with Crippen LogP contribution in [0.3, 0.4) is 0 Å². The Morgan fingerprint density at radius 1 is 1.25 bits per heavy atom. The van der Waals surface area contributed by atoms with Crippen molar-refractivity contribution < 1.29 is 0 Å². The molecule has 0 aliphatic heterocycles. The zero-order valence-corrected chi connectivity index (χ0v) is 13.6. The van der Waals surface area contributed by atoms with Crippen molar-refractivity contribution in [3.63, 3.8) is 0 Å². The quantitative estimate of drug-likeness (QED) is 0.853. The average molecular weight is 288 g/mol. The van der Waals surface area contributed by atoms with E-state index < -0.39 is 0 Å². The lowest BCUT2D eigenvalue weighted by atomic mass is 9.80. The molecule has 2 nitrogen and oxygen atoms in total. The van der Waals surface area contributed by atoms with Crippen molar-refractivity contribution in [2.45, 2.75) is 39.7 Å². The Morgan fingerprint density at radius 3 is 2.55 bits per heavy atom. The SMILES string of the molecule is CCC(C)(C)C(Cc1nc(-c2ccccc2)cs1)NC. The van der Waals surface area contributed by atoms with Gasteiger partial charge in [-0.25, -0.2) is 4.98 Å². The van der Waals surface area contributed by atoms with Gasteiger partial charge < -0.3 is 5.32 Å². The average Bonchev–Trinajstić information content (AvgIpc) is 2.94. The van der Waals surface area contributed by atoms with E-state index in [1.54, 1.807) is 11.3 Å². The molecule has 0 radical (unpaired) electrons. The highest BCUT2D eigenvalue weighted by atomic mass is 32.1. The van der Waals surface area contributed by atoms with Crippen LogP contribution in [0.15, 0.2) is 35.7 Å². The molecule has 1 atom stereocenters. The van der Waals surface area contributed by atoms with Crippen molar-refractivity contribution >= 4 is 11.3 Å². The third kappa shape index (κ3) is 3.47. The van der Waals surface area contributed by atoms with E-state index in [1.165, 1.54) is 10.6 Å². The van der Waals surface area contributed by atoms with Crippen LogP contribution in [0.5, 0.6) is 0 Å². The lowest BCUT2D eigenvalue weighted by Crippen LogP contribution is -2.41. The lowest BCUT2D eigenvalue weighted by Gasteiger charge is -2.32. The molecule has 0 bridgehead atoms. The van der Waals surface area contributed by atoms with Crippen LogP contribution in [0, 0.1) is 5.41 Å². The lowest BCUT2D eigenvalue weighted by molar-refractivity contribution is 0.240. The van der Waals surface area contributed by atoms with Crippen LogP contribution >= 0.6 is 11.3 Å². The molecule has 20 heavy (non-hydrogen) atoms. The Hall–Kier alpha value is -1.19. The van der Waals surface area contributed by atoms with Gasteiger partial charge >= 0.3 is 0 Å². The second kappa shape index (κ2) is 6.51. The summed E-state index contributed by atoms with van der Waals surface area (Å²) in [6.07, 6.45) is 2.16. The van der Waals surface area contributed by atoms with Gasteiger partial charge in [0.15, 0.2) is 0 Å². The minimum atomic E-state index is 0.285. The highest BCUT2D eigenvalue weighted by Crippen LogP contribution is 2.29. The van der Waals surface area contributed by atoms with E-state index in [1.807, 2.05) is 13.1 Å². The maximum absolute atomic E-state index is 4.79. The van der Waals surface area contributed by atoms with Crippen molar-refractivity contribution in [3.8, 4) is 11.3 Å². The highest BCUT2D eigenvalue weighted by molar-refractivity contribution is 7.09. The third-order valence-electron chi connectivity index (χ3n) is 4.20. The van der Waals surface area contributed by atoms with Gasteiger partial charge in [0, 0.05) is 23.4 Å². The second-order valence-corrected chi connectivity index (χ2v) is 6.82. The first-order valence-corrected chi connectivity index (χ1v) is 8.12. The van der Waals surface area contributed by atoms with E-state index >= 15 is 0 Å². The van der Waals surface area contributed by atoms with E-state index in [0.29, 0.717) is 6.04 Å². The minimum Gasteiger partial charge on any atom is -0.316 e. The topological polar surface area (TPSA) is 24.9 Å². The molecule has 108 valence electrons. The number of likely N-dealkylation sites (N-methyl/N-ethyl adjacent to an activating group) is 1. The van der Waals surface area contributed by atoms with Gasteiger partial charge in [-0.1, -0.05) is 51.1 Å². The largest absolute Gasteiger partial charge is 0.316 e. The molecule has 1 aromatic heterocycles. The standard InChI is InChI=1S/C17H24N2S/c1-5-17(2,3)15(18-4)11-16-19-14(12-20-16)13-9-7-6-8-10-13/h6-10,12,15,18H,5,11H2,1-4H3. The van der Waals surface area contributed by atoms with E-state index in [0.717, 1.165) is 18.5 Å². The molecule has 0 saturated carbocycles. The van der Waals surface area contributed by atoms with Crippen molar-refractivity contribution in [2.24, 2.45) is 5.41 Å². The van der Waals surface area contributed by atoms with Crippen molar-refractivity contribution in [1.82, 2.24) is 10.3 Å². The van der Waals surface area contributed by atoms with Crippen LogP contribution in [0.25, 0.3) is 11.3 Å². The number of hydrogen-bond acceptors (Lipinski definition) is 3. The van der Waals surface area contributed by atoms with Crippen LogP contribution in [-0.2, 0) is 6.42 Å². The molecule has 1 unspecified atom stereocenters. The normalized spacial score (nSPS) is 13.4. The molecular weight excluding hydrogens is 264 g/mol. The summed E-state index contributed by atoms with van der Waals surface area (Å²) in [5.41, 5.74) is 2.58. The molecule has 0 aliphatic rings. The molecule has 0 fully saturated rings. The molecule has 0 aliphatic carbocycles. The molecule has 1 N–H and O–H groups in total. The summed E-state index contributed by atoms with van der Waals surface area (Å²) >= 11 is 1.76. The van der Waals surface area contributed by atoms with Crippen molar-refractivity contribution in [2.75, 3.05) is 7.05 Å². The van der Waals surface area contributed by atoms with Crippen LogP contribution < -0.4 is 5.32 Å². The highest BCUT2D eigenvalue weighted by Gasteiger charge is 2.27. The summed E-state index contributed by atoms with van der Waals surface area (Å²) in [6, 6.07) is 10.9. The molecular formula is C17H24N2S.